The minimum absolute atomic E-state index is 0. The van der Waals surface area contributed by atoms with E-state index in [2.05, 4.69) is 30.1 Å². The summed E-state index contributed by atoms with van der Waals surface area (Å²) in [5, 5.41) is 4.51. The van der Waals surface area contributed by atoms with Gasteiger partial charge >= 0.3 is 47.7 Å². The average molecular weight is 506 g/mol. The Morgan fingerprint density at radius 3 is 2.09 bits per heavy atom. The number of urea groups is 1. The van der Waals surface area contributed by atoms with Crippen molar-refractivity contribution < 1.29 is 71.3 Å². The maximum absolute atomic E-state index is 12.9. The zero-order valence-electron chi connectivity index (χ0n) is 19.0. The summed E-state index contributed by atoms with van der Waals surface area (Å²) in [4.78, 5) is 42.8. The molecule has 14 nitrogen and oxygen atoms in total. The first-order valence-electron chi connectivity index (χ1n) is 8.97. The fourth-order valence-electron chi connectivity index (χ4n) is 2.40. The molecule has 0 aliphatic rings. The van der Waals surface area contributed by atoms with Crippen LogP contribution in [0.1, 0.15) is 15.9 Å². The summed E-state index contributed by atoms with van der Waals surface area (Å²) in [5.74, 6) is -1.15. The van der Waals surface area contributed by atoms with Gasteiger partial charge in [0.25, 0.3) is 10.0 Å². The van der Waals surface area contributed by atoms with Crippen LogP contribution in [-0.4, -0.2) is 64.9 Å². The van der Waals surface area contributed by atoms with Crippen LogP contribution in [0.15, 0.2) is 29.2 Å². The summed E-state index contributed by atoms with van der Waals surface area (Å²) in [5.41, 5.74) is -0.0337. The van der Waals surface area contributed by atoms with Crippen molar-refractivity contribution >= 4 is 34.1 Å². The van der Waals surface area contributed by atoms with Crippen LogP contribution in [0.4, 0.5) is 15.5 Å². The Bertz CT molecular complexity index is 1140. The summed E-state index contributed by atoms with van der Waals surface area (Å²) in [6.07, 6.45) is -0.748. The molecule has 16 heteroatoms. The molecule has 0 radical (unpaired) electrons. The van der Waals surface area contributed by atoms with Gasteiger partial charge in [0.05, 0.1) is 40.1 Å². The Balaban J connectivity index is 0.00000578. The number of nitrogens with one attached hydrogen (secondary N) is 3. The van der Waals surface area contributed by atoms with Crippen molar-refractivity contribution in [3.8, 4) is 11.8 Å². The Hall–Kier alpha value is -3.14. The van der Waals surface area contributed by atoms with E-state index in [-0.39, 0.29) is 59.4 Å². The molecule has 0 atom stereocenters. The van der Waals surface area contributed by atoms with Gasteiger partial charge in [-0.05, 0) is 17.7 Å². The molecule has 2 aromatic rings. The van der Waals surface area contributed by atoms with Crippen molar-refractivity contribution in [3.05, 3.63) is 35.4 Å². The largest absolute Gasteiger partial charge is 1.00 e. The predicted molar refractivity (Wildman–Crippen MR) is 112 cm³/mol. The van der Waals surface area contributed by atoms with Gasteiger partial charge in [-0.25, -0.2) is 27.5 Å². The smallest absolute Gasteiger partial charge is 0.481 e. The van der Waals surface area contributed by atoms with Crippen LogP contribution in [-0.2, 0) is 26.0 Å². The van der Waals surface area contributed by atoms with Crippen LogP contribution in [0.5, 0.6) is 11.8 Å². The number of sulfonamides is 1. The second-order valence-corrected chi connectivity index (χ2v) is 7.65. The van der Waals surface area contributed by atoms with Crippen LogP contribution in [0.2, 0.25) is 0 Å². The number of rotatable bonds is 8. The predicted octanol–water partition coefficient (Wildman–Crippen LogP) is -2.35. The maximum atomic E-state index is 12.9. The van der Waals surface area contributed by atoms with Crippen LogP contribution in [0.3, 0.4) is 0 Å². The van der Waals surface area contributed by atoms with E-state index < -0.39 is 33.0 Å². The van der Waals surface area contributed by atoms with Gasteiger partial charge in [0.15, 0.2) is 0 Å². The van der Waals surface area contributed by atoms with E-state index in [1.807, 2.05) is 0 Å². The van der Waals surface area contributed by atoms with E-state index in [9.17, 15) is 22.8 Å². The minimum atomic E-state index is -4.59. The quantitative estimate of drug-likeness (QED) is 0.257. The molecule has 0 spiro atoms. The summed E-state index contributed by atoms with van der Waals surface area (Å²) in [6.45, 7) is -0.111. The molecular formula is C18H21N5NaO9S+. The first-order chi connectivity index (χ1) is 15.6. The first-order valence-corrected chi connectivity index (χ1v) is 10.5. The van der Waals surface area contributed by atoms with Crippen LogP contribution in [0, 0.1) is 0 Å². The van der Waals surface area contributed by atoms with Gasteiger partial charge < -0.3 is 24.3 Å². The van der Waals surface area contributed by atoms with E-state index in [4.69, 9.17) is 9.47 Å². The Morgan fingerprint density at radius 1 is 0.941 bits per heavy atom. The molecule has 0 aliphatic heterocycles. The molecule has 1 aromatic heterocycles. The fraction of sp³-hybridized carbons (Fsp3) is 0.278. The molecule has 1 aromatic carbocycles. The second kappa shape index (κ2) is 12.9. The summed E-state index contributed by atoms with van der Waals surface area (Å²) >= 11 is 0. The Labute approximate surface area is 217 Å². The third-order valence-electron chi connectivity index (χ3n) is 3.91. The van der Waals surface area contributed by atoms with Crippen molar-refractivity contribution in [2.45, 2.75) is 11.4 Å². The van der Waals surface area contributed by atoms with Gasteiger partial charge in [0.1, 0.15) is 4.90 Å². The van der Waals surface area contributed by atoms with E-state index in [0.717, 1.165) is 20.3 Å². The number of carbonyl (C=O) groups excluding carboxylic acids is 3. The standard InChI is InChI=1S/C18H21N5O9S.Na/c1-29-13-8-14(30-2)21-16(20-13)22-17(25)23-33(27,28)12-7-10(9-19-18(26)32-4)5-6-11(12)15(24)31-3;/h5-8H,9H2,1-4H3,(H,19,26)(H2,20,21,22,23,25);/q;+1. The number of esters is 1. The Morgan fingerprint density at radius 2 is 1.56 bits per heavy atom. The third kappa shape index (κ3) is 7.72. The SMILES string of the molecule is COC(=O)NCc1ccc(C(=O)OC)c(S(=O)(=O)NC(=O)Nc2nc(OC)cc(OC)n2)c1.[Na+]. The van der Waals surface area contributed by atoms with Crippen LogP contribution < -0.4 is 54.4 Å². The Kier molecular flexibility index (Phi) is 11.0. The number of hydrogen-bond donors (Lipinski definition) is 3. The monoisotopic (exact) mass is 506 g/mol. The number of aromatic nitrogens is 2. The molecular weight excluding hydrogens is 485 g/mol. The molecule has 0 unspecified atom stereocenters. The zero-order chi connectivity index (χ0) is 24.6. The van der Waals surface area contributed by atoms with Gasteiger partial charge in [0, 0.05) is 6.54 Å². The summed E-state index contributed by atoms with van der Waals surface area (Å²) in [6, 6.07) is 3.80. The van der Waals surface area contributed by atoms with Gasteiger partial charge in [-0.1, -0.05) is 6.07 Å². The van der Waals surface area contributed by atoms with Crippen molar-refractivity contribution in [2.75, 3.05) is 33.8 Å². The molecule has 0 fully saturated rings. The summed E-state index contributed by atoms with van der Waals surface area (Å²) < 4.78 is 46.5. The van der Waals surface area contributed by atoms with E-state index in [1.165, 1.54) is 32.4 Å². The molecule has 0 bridgehead atoms. The average Bonchev–Trinajstić information content (AvgIpc) is 2.80. The van der Waals surface area contributed by atoms with E-state index in [0.29, 0.717) is 5.56 Å². The molecule has 3 amide bonds. The molecule has 2 rings (SSSR count). The maximum Gasteiger partial charge on any atom is 1.00 e. The van der Waals surface area contributed by atoms with Crippen molar-refractivity contribution in [3.63, 3.8) is 0 Å². The number of ether oxygens (including phenoxy) is 4. The topological polar surface area (TPSA) is 184 Å². The van der Waals surface area contributed by atoms with Crippen LogP contribution in [0.25, 0.3) is 0 Å². The van der Waals surface area contributed by atoms with Gasteiger partial charge in [-0.3, -0.25) is 5.32 Å². The minimum Gasteiger partial charge on any atom is -0.481 e. The number of amides is 3. The second-order valence-electron chi connectivity index (χ2n) is 6.00. The first kappa shape index (κ1) is 28.9. The van der Waals surface area contributed by atoms with Crippen molar-refractivity contribution in [2.24, 2.45) is 0 Å². The number of alkyl carbamates (subject to hydrolysis) is 1. The van der Waals surface area contributed by atoms with Crippen LogP contribution >= 0.6 is 0 Å². The molecule has 3 N–H and O–H groups in total. The molecule has 0 aliphatic carbocycles. The summed E-state index contributed by atoms with van der Waals surface area (Å²) in [7, 11) is 0.294. The van der Waals surface area contributed by atoms with E-state index >= 15 is 0 Å². The number of benzene rings is 1. The number of carbonyl (C=O) groups is 3. The zero-order valence-corrected chi connectivity index (χ0v) is 21.8. The fourth-order valence-corrected chi connectivity index (χ4v) is 3.55. The number of nitrogens with zero attached hydrogens (tertiary/aromatic N) is 2. The van der Waals surface area contributed by atoms with Gasteiger partial charge in [-0.2, -0.15) is 9.97 Å². The van der Waals surface area contributed by atoms with Gasteiger partial charge in [-0.15, -0.1) is 0 Å². The van der Waals surface area contributed by atoms with Crippen molar-refractivity contribution in [1.82, 2.24) is 20.0 Å². The van der Waals surface area contributed by atoms with Gasteiger partial charge in [0.2, 0.25) is 17.7 Å². The molecule has 0 saturated heterocycles. The van der Waals surface area contributed by atoms with Crippen molar-refractivity contribution in [1.29, 1.82) is 0 Å². The molecule has 0 saturated carbocycles. The molecule has 34 heavy (non-hydrogen) atoms. The number of anilines is 1. The third-order valence-corrected chi connectivity index (χ3v) is 5.28. The van der Waals surface area contributed by atoms with E-state index in [1.54, 1.807) is 4.72 Å². The number of hydrogen-bond acceptors (Lipinski definition) is 11. The normalized spacial score (nSPS) is 10.2. The number of methoxy groups -OCH3 is 4. The molecule has 1 heterocycles. The molecule has 178 valence electrons.